The fourth-order valence-electron chi connectivity index (χ4n) is 8.87. The molecule has 2 aliphatic rings. The predicted octanol–water partition coefficient (Wildman–Crippen LogP) is 12.5. The molecule has 2 heterocycles. The number of fused-ring (bicyclic) bond motifs is 2. The van der Waals surface area contributed by atoms with Crippen LogP contribution in [0.25, 0.3) is 5.57 Å². The topological polar surface area (TPSA) is 99.7 Å². The van der Waals surface area contributed by atoms with E-state index in [1.54, 1.807) is 12.1 Å². The highest BCUT2D eigenvalue weighted by molar-refractivity contribution is 6.22. The van der Waals surface area contributed by atoms with Gasteiger partial charge in [-0.25, -0.2) is 0 Å². The molecule has 4 amide bonds. The summed E-state index contributed by atoms with van der Waals surface area (Å²) in [5, 5.41) is 0. The summed E-state index contributed by atoms with van der Waals surface area (Å²) in [5.74, 6) is 1.42. The fraction of sp³-hybridized carbons (Fsp3) is 0.237. The van der Waals surface area contributed by atoms with Gasteiger partial charge in [-0.05, 0) is 140 Å². The number of nitrogens with zero attached hydrogens (tertiary/aromatic N) is 4. The predicted molar refractivity (Wildman–Crippen MR) is 275 cm³/mol. The maximum Gasteiger partial charge on any atom is 0.261 e. The van der Waals surface area contributed by atoms with Crippen molar-refractivity contribution in [3.05, 3.63) is 202 Å². The van der Waals surface area contributed by atoms with E-state index < -0.39 is 0 Å². The zero-order valence-electron chi connectivity index (χ0n) is 40.3. The summed E-state index contributed by atoms with van der Waals surface area (Å²) in [6.45, 7) is 11.0. The lowest BCUT2D eigenvalue weighted by atomic mass is 9.88. The van der Waals surface area contributed by atoms with E-state index in [4.69, 9.17) is 9.47 Å². The number of amides is 4. The van der Waals surface area contributed by atoms with Crippen molar-refractivity contribution in [1.29, 1.82) is 0 Å². The normalized spacial score (nSPS) is 13.3. The van der Waals surface area contributed by atoms with Gasteiger partial charge < -0.3 is 19.3 Å². The largest absolute Gasteiger partial charge is 0.494 e. The van der Waals surface area contributed by atoms with Crippen LogP contribution < -0.4 is 19.3 Å². The van der Waals surface area contributed by atoms with E-state index in [-0.39, 0.29) is 23.6 Å². The Morgan fingerprint density at radius 3 is 1.52 bits per heavy atom. The monoisotopic (exact) mass is 919 g/mol. The Bertz CT molecular complexity index is 2900. The minimum absolute atomic E-state index is 0.286. The van der Waals surface area contributed by atoms with Gasteiger partial charge >= 0.3 is 0 Å². The fourth-order valence-corrected chi connectivity index (χ4v) is 8.87. The molecule has 0 bridgehead atoms. The summed E-state index contributed by atoms with van der Waals surface area (Å²) >= 11 is 0. The second kappa shape index (κ2) is 21.4. The smallest absolute Gasteiger partial charge is 0.261 e. The van der Waals surface area contributed by atoms with Gasteiger partial charge in [0.25, 0.3) is 23.6 Å². The zero-order chi connectivity index (χ0) is 48.6. The van der Waals surface area contributed by atoms with E-state index in [2.05, 4.69) is 116 Å². The molecule has 0 aromatic heterocycles. The van der Waals surface area contributed by atoms with Gasteiger partial charge in [-0.3, -0.25) is 29.0 Å². The van der Waals surface area contributed by atoms with Gasteiger partial charge in [-0.2, -0.15) is 0 Å². The number of unbranched alkanes of at least 4 members (excludes halogenated alkanes) is 2. The number of hydrogen-bond donors (Lipinski definition) is 0. The lowest BCUT2D eigenvalue weighted by Crippen LogP contribution is -2.24. The van der Waals surface area contributed by atoms with Crippen molar-refractivity contribution in [3.8, 4) is 11.5 Å². The van der Waals surface area contributed by atoms with Crippen molar-refractivity contribution in [2.24, 2.45) is 0 Å². The van der Waals surface area contributed by atoms with Gasteiger partial charge in [0, 0.05) is 74.6 Å². The van der Waals surface area contributed by atoms with E-state index in [1.807, 2.05) is 60.7 Å². The summed E-state index contributed by atoms with van der Waals surface area (Å²) in [5.41, 5.74) is 10.2. The quantitative estimate of drug-likeness (QED) is 0.0323. The van der Waals surface area contributed by atoms with Crippen molar-refractivity contribution in [3.63, 3.8) is 0 Å². The average Bonchev–Trinajstić information content (AvgIpc) is 3.73. The Kier molecular flexibility index (Phi) is 14.8. The molecule has 6 aromatic rings. The summed E-state index contributed by atoms with van der Waals surface area (Å²) in [4.78, 5) is 58.1. The molecule has 8 rings (SSSR count). The number of rotatable bonds is 20. The summed E-state index contributed by atoms with van der Waals surface area (Å²) < 4.78 is 12.1. The van der Waals surface area contributed by atoms with Gasteiger partial charge in [-0.1, -0.05) is 51.0 Å². The molecular weight excluding hydrogens is 861 g/mol. The maximum atomic E-state index is 13.1. The molecule has 0 fully saturated rings. The molecule has 69 heavy (non-hydrogen) atoms. The first kappa shape index (κ1) is 47.6. The number of imide groups is 2. The first-order valence-electron chi connectivity index (χ1n) is 24.0. The van der Waals surface area contributed by atoms with Gasteiger partial charge in [-0.15, -0.1) is 0 Å². The lowest BCUT2D eigenvalue weighted by molar-refractivity contribution is 0.0678. The Hall–Kier alpha value is -7.85. The van der Waals surface area contributed by atoms with Gasteiger partial charge in [0.15, 0.2) is 0 Å². The maximum absolute atomic E-state index is 13.1. The highest BCUT2D eigenvalue weighted by atomic mass is 16.5. The van der Waals surface area contributed by atoms with E-state index in [1.165, 1.54) is 19.0 Å². The number of ether oxygens (including phenoxy) is 2. The van der Waals surface area contributed by atoms with Gasteiger partial charge in [0.2, 0.25) is 0 Å². The Morgan fingerprint density at radius 2 is 1.00 bits per heavy atom. The molecule has 0 aliphatic carbocycles. The van der Waals surface area contributed by atoms with Crippen LogP contribution in [0.3, 0.4) is 0 Å². The number of carbonyl (C=O) groups is 4. The van der Waals surface area contributed by atoms with Gasteiger partial charge in [0.1, 0.15) is 17.2 Å². The van der Waals surface area contributed by atoms with Crippen LogP contribution in [0.2, 0.25) is 0 Å². The molecule has 350 valence electrons. The Balaban J connectivity index is 1.18. The van der Waals surface area contributed by atoms with E-state index in [0.29, 0.717) is 48.6 Å². The number of hydrogen-bond acceptors (Lipinski definition) is 8. The molecule has 0 atom stereocenters. The molecule has 0 N–H and O–H groups in total. The van der Waals surface area contributed by atoms with E-state index in [9.17, 15) is 19.2 Å². The molecule has 2 aliphatic heterocycles. The third-order valence-corrected chi connectivity index (χ3v) is 12.8. The summed E-state index contributed by atoms with van der Waals surface area (Å²) in [6.07, 6.45) is 10.4. The first-order valence-corrected chi connectivity index (χ1v) is 24.0. The van der Waals surface area contributed by atoms with Crippen LogP contribution in [-0.2, 0) is 0 Å². The highest BCUT2D eigenvalue weighted by Gasteiger charge is 2.35. The second-order valence-corrected chi connectivity index (χ2v) is 17.2. The second-order valence-electron chi connectivity index (χ2n) is 17.2. The molecule has 10 heteroatoms. The van der Waals surface area contributed by atoms with Crippen molar-refractivity contribution in [1.82, 2.24) is 9.80 Å². The average molecular weight is 920 g/mol. The molecule has 0 spiro atoms. The van der Waals surface area contributed by atoms with Crippen LogP contribution in [0, 0.1) is 5.92 Å². The molecule has 6 aromatic carbocycles. The molecule has 10 nitrogen and oxygen atoms in total. The number of anilines is 4. The molecular formula is C59H59N4O6+. The van der Waals surface area contributed by atoms with Crippen molar-refractivity contribution >= 4 is 52.0 Å². The summed E-state index contributed by atoms with van der Waals surface area (Å²) in [6, 6.07) is 44.0. The van der Waals surface area contributed by atoms with Crippen LogP contribution in [0.15, 0.2) is 152 Å². The van der Waals surface area contributed by atoms with Crippen molar-refractivity contribution in [2.75, 3.05) is 50.2 Å². The van der Waals surface area contributed by atoms with Crippen LogP contribution in [0.1, 0.15) is 117 Å². The number of benzene rings is 6. The number of carbonyl (C=O) groups excluding carboxylic acids is 4. The number of allylic oxidation sites excluding steroid dienone is 3. The first-order chi connectivity index (χ1) is 33.6. The minimum Gasteiger partial charge on any atom is -0.494 e. The van der Waals surface area contributed by atoms with Gasteiger partial charge in [0.05, 0.1) is 52.5 Å². The standard InChI is InChI=1S/C59H59N4O6/c1-7-11-36-68-46-30-22-41(23-31-46)48(40-20-26-43(27-21-40)62(9-3)44-28-34-51-53(38-44)58(66)60(5)56(51)64)17-15-18-49(42-24-32-47(33-25-42)69-37-12-8-2)50-16-13-14-19-55(50)63(10-4)45-29-35-52-54(39-45)59(67)61(6)57(52)65/h13-35,38-39H,7-12,36-37H2,1-6H3/q+1. The lowest BCUT2D eigenvalue weighted by Gasteiger charge is -2.25. The third-order valence-electron chi connectivity index (χ3n) is 12.8. The van der Waals surface area contributed by atoms with Crippen LogP contribution in [0.4, 0.5) is 22.7 Å². The molecule has 0 radical (unpaired) electrons. The van der Waals surface area contributed by atoms with E-state index in [0.717, 1.165) is 98.6 Å². The molecule has 0 saturated carbocycles. The summed E-state index contributed by atoms with van der Waals surface area (Å²) in [7, 11) is 3.03. The Labute approximate surface area is 406 Å². The minimum atomic E-state index is -0.306. The highest BCUT2D eigenvalue weighted by Crippen LogP contribution is 2.39. The van der Waals surface area contributed by atoms with Crippen LogP contribution >= 0.6 is 0 Å². The van der Waals surface area contributed by atoms with Crippen molar-refractivity contribution < 1.29 is 28.7 Å². The number of para-hydroxylation sites is 1. The Morgan fingerprint density at radius 1 is 0.536 bits per heavy atom. The molecule has 0 unspecified atom stereocenters. The third kappa shape index (κ3) is 9.93. The van der Waals surface area contributed by atoms with E-state index >= 15 is 0 Å². The molecule has 0 saturated heterocycles. The van der Waals surface area contributed by atoms with Crippen LogP contribution in [-0.4, -0.2) is 73.8 Å². The SMILES string of the molecule is CCCCOc1ccc(C(=CC=C[C+](c2ccc(OCCCC)cc2)c2ccccc2N(CC)c2ccc3c(c2)C(=O)N(C)C3=O)c2ccc(N(CC)c3ccc4c(c3)C(=O)N(C)C4=O)cc2)cc1. The van der Waals surface area contributed by atoms with Crippen molar-refractivity contribution in [2.45, 2.75) is 53.4 Å². The zero-order valence-corrected chi connectivity index (χ0v) is 40.3. The van der Waals surface area contributed by atoms with Crippen LogP contribution in [0.5, 0.6) is 11.5 Å².